The minimum atomic E-state index is -0.919. The highest BCUT2D eigenvalue weighted by atomic mass is 32.1. The van der Waals surface area contributed by atoms with Gasteiger partial charge in [-0.15, -0.1) is 0 Å². The van der Waals surface area contributed by atoms with Gasteiger partial charge in [0.15, 0.2) is 5.13 Å². The Morgan fingerprint density at radius 2 is 1.90 bits per heavy atom. The monoisotopic (exact) mass is 305 g/mol. The van der Waals surface area contributed by atoms with Crippen molar-refractivity contribution in [2.75, 3.05) is 11.1 Å². The van der Waals surface area contributed by atoms with Gasteiger partial charge in [-0.1, -0.05) is 17.4 Å². The van der Waals surface area contributed by atoms with Crippen molar-refractivity contribution in [1.29, 1.82) is 0 Å². The van der Waals surface area contributed by atoms with Crippen molar-refractivity contribution in [3.63, 3.8) is 0 Å². The number of aromatic nitrogens is 1. The van der Waals surface area contributed by atoms with E-state index >= 15 is 0 Å². The molecule has 1 aromatic heterocycles. The van der Waals surface area contributed by atoms with Crippen LogP contribution in [0, 0.1) is 11.6 Å². The highest BCUT2D eigenvalue weighted by Gasteiger charge is 2.18. The lowest BCUT2D eigenvalue weighted by Crippen LogP contribution is -2.15. The summed E-state index contributed by atoms with van der Waals surface area (Å²) >= 11 is 1.18. The maximum Gasteiger partial charge on any atom is 0.263 e. The smallest absolute Gasteiger partial charge is 0.263 e. The first kappa shape index (κ1) is 13.4. The molecule has 0 radical (unpaired) electrons. The predicted molar refractivity (Wildman–Crippen MR) is 78.3 cm³/mol. The Labute approximate surface area is 122 Å². The number of carbonyl (C=O) groups is 1. The van der Waals surface area contributed by atoms with Crippen LogP contribution in [0.4, 0.5) is 19.6 Å². The number of fused-ring (bicyclic) bond motifs is 1. The number of hydrogen-bond acceptors (Lipinski definition) is 4. The predicted octanol–water partition coefficient (Wildman–Crippen LogP) is 3.41. The molecular weight excluding hydrogens is 296 g/mol. The van der Waals surface area contributed by atoms with Gasteiger partial charge in [0.25, 0.3) is 5.91 Å². The average molecular weight is 305 g/mol. The summed E-state index contributed by atoms with van der Waals surface area (Å²) in [7, 11) is 0. The number of anilines is 2. The van der Waals surface area contributed by atoms with Gasteiger partial charge >= 0.3 is 0 Å². The quantitative estimate of drug-likeness (QED) is 0.713. The standard InChI is InChI=1S/C14H9F2N3OS/c15-8-2-1-3-9(16)12(8)13(20)19-14-18-10-5-4-7(17)6-11(10)21-14/h1-6H,17H2,(H,18,19,20). The van der Waals surface area contributed by atoms with Gasteiger partial charge in [0.2, 0.25) is 0 Å². The van der Waals surface area contributed by atoms with Crippen LogP contribution in [0.3, 0.4) is 0 Å². The second-order valence-corrected chi connectivity index (χ2v) is 5.33. The Bertz CT molecular complexity index is 827. The van der Waals surface area contributed by atoms with Gasteiger partial charge in [0, 0.05) is 5.69 Å². The molecule has 0 aliphatic heterocycles. The first-order valence-electron chi connectivity index (χ1n) is 5.96. The highest BCUT2D eigenvalue weighted by Crippen LogP contribution is 2.28. The Kier molecular flexibility index (Phi) is 3.26. The van der Waals surface area contributed by atoms with E-state index in [1.54, 1.807) is 18.2 Å². The molecular formula is C14H9F2N3OS. The molecule has 0 saturated heterocycles. The van der Waals surface area contributed by atoms with Gasteiger partial charge in [0.1, 0.15) is 17.2 Å². The number of benzene rings is 2. The van der Waals surface area contributed by atoms with E-state index < -0.39 is 23.1 Å². The van der Waals surface area contributed by atoms with Crippen LogP contribution in [0.25, 0.3) is 10.2 Å². The van der Waals surface area contributed by atoms with Crippen molar-refractivity contribution in [3.8, 4) is 0 Å². The molecule has 0 aliphatic carbocycles. The molecule has 7 heteroatoms. The van der Waals surface area contributed by atoms with Crippen LogP contribution >= 0.6 is 11.3 Å². The molecule has 0 unspecified atom stereocenters. The average Bonchev–Trinajstić information content (AvgIpc) is 2.79. The number of nitrogens with two attached hydrogens (primary N) is 1. The van der Waals surface area contributed by atoms with Gasteiger partial charge in [-0.05, 0) is 30.3 Å². The second-order valence-electron chi connectivity index (χ2n) is 4.30. The van der Waals surface area contributed by atoms with Crippen molar-refractivity contribution in [2.45, 2.75) is 0 Å². The van der Waals surface area contributed by atoms with E-state index in [0.717, 1.165) is 16.8 Å². The minimum Gasteiger partial charge on any atom is -0.399 e. The molecule has 3 aromatic rings. The van der Waals surface area contributed by atoms with Crippen molar-refractivity contribution < 1.29 is 13.6 Å². The van der Waals surface area contributed by atoms with Gasteiger partial charge in [0.05, 0.1) is 10.2 Å². The molecule has 0 aliphatic rings. The summed E-state index contributed by atoms with van der Waals surface area (Å²) in [6, 6.07) is 8.35. The number of nitrogens with one attached hydrogen (secondary N) is 1. The Morgan fingerprint density at radius 3 is 2.62 bits per heavy atom. The maximum atomic E-state index is 13.5. The van der Waals surface area contributed by atoms with Crippen LogP contribution in [0.15, 0.2) is 36.4 Å². The van der Waals surface area contributed by atoms with Crippen LogP contribution in [0.1, 0.15) is 10.4 Å². The molecule has 2 aromatic carbocycles. The van der Waals surface area contributed by atoms with Gasteiger partial charge in [-0.3, -0.25) is 10.1 Å². The van der Waals surface area contributed by atoms with E-state index in [1.807, 2.05) is 0 Å². The molecule has 3 N–H and O–H groups in total. The van der Waals surface area contributed by atoms with E-state index in [0.29, 0.717) is 11.2 Å². The number of carbonyl (C=O) groups excluding carboxylic acids is 1. The number of halogens is 2. The minimum absolute atomic E-state index is 0.253. The van der Waals surface area contributed by atoms with Crippen LogP contribution in [-0.2, 0) is 0 Å². The fraction of sp³-hybridized carbons (Fsp3) is 0. The van der Waals surface area contributed by atoms with Gasteiger partial charge in [-0.25, -0.2) is 13.8 Å². The molecule has 4 nitrogen and oxygen atoms in total. The molecule has 0 atom stereocenters. The number of rotatable bonds is 2. The number of hydrogen-bond donors (Lipinski definition) is 2. The van der Waals surface area contributed by atoms with Gasteiger partial charge in [-0.2, -0.15) is 0 Å². The molecule has 0 saturated carbocycles. The normalized spacial score (nSPS) is 10.8. The van der Waals surface area contributed by atoms with E-state index in [2.05, 4.69) is 10.3 Å². The summed E-state index contributed by atoms with van der Waals surface area (Å²) in [5.74, 6) is -2.71. The lowest BCUT2D eigenvalue weighted by atomic mass is 10.2. The molecule has 106 valence electrons. The summed E-state index contributed by atoms with van der Waals surface area (Å²) < 4.78 is 27.8. The van der Waals surface area contributed by atoms with Crippen molar-refractivity contribution in [2.24, 2.45) is 0 Å². The molecule has 0 fully saturated rings. The lowest BCUT2D eigenvalue weighted by Gasteiger charge is -2.03. The largest absolute Gasteiger partial charge is 0.399 e. The summed E-state index contributed by atoms with van der Waals surface area (Å²) in [6.45, 7) is 0. The van der Waals surface area contributed by atoms with Crippen LogP contribution in [-0.4, -0.2) is 10.9 Å². The fourth-order valence-electron chi connectivity index (χ4n) is 1.87. The third-order valence-electron chi connectivity index (χ3n) is 2.82. The second kappa shape index (κ2) is 5.10. The fourth-order valence-corrected chi connectivity index (χ4v) is 2.78. The molecule has 21 heavy (non-hydrogen) atoms. The van der Waals surface area contributed by atoms with Gasteiger partial charge < -0.3 is 5.73 Å². The zero-order chi connectivity index (χ0) is 15.0. The van der Waals surface area contributed by atoms with Crippen LogP contribution in [0.2, 0.25) is 0 Å². The summed E-state index contributed by atoms with van der Waals surface area (Å²) in [5.41, 5.74) is 6.25. The number of nitrogen functional groups attached to an aromatic ring is 1. The lowest BCUT2D eigenvalue weighted by molar-refractivity contribution is 0.101. The van der Waals surface area contributed by atoms with Crippen molar-refractivity contribution in [1.82, 2.24) is 4.98 Å². The third kappa shape index (κ3) is 2.55. The van der Waals surface area contributed by atoms with E-state index in [9.17, 15) is 13.6 Å². The zero-order valence-electron chi connectivity index (χ0n) is 10.6. The van der Waals surface area contributed by atoms with Crippen LogP contribution < -0.4 is 11.1 Å². The Balaban J connectivity index is 1.93. The molecule has 0 spiro atoms. The van der Waals surface area contributed by atoms with Crippen molar-refractivity contribution in [3.05, 3.63) is 53.6 Å². The zero-order valence-corrected chi connectivity index (χ0v) is 11.4. The van der Waals surface area contributed by atoms with E-state index in [-0.39, 0.29) is 5.13 Å². The summed E-state index contributed by atoms with van der Waals surface area (Å²) in [5, 5.41) is 2.65. The summed E-state index contributed by atoms with van der Waals surface area (Å²) in [4.78, 5) is 16.1. The van der Waals surface area contributed by atoms with Crippen LogP contribution in [0.5, 0.6) is 0 Å². The van der Waals surface area contributed by atoms with Crippen molar-refractivity contribution >= 4 is 38.3 Å². The highest BCUT2D eigenvalue weighted by molar-refractivity contribution is 7.22. The van der Waals surface area contributed by atoms with E-state index in [1.165, 1.54) is 17.4 Å². The SMILES string of the molecule is Nc1ccc2nc(NC(=O)c3c(F)cccc3F)sc2c1. The Morgan fingerprint density at radius 1 is 1.19 bits per heavy atom. The first-order chi connectivity index (χ1) is 10.0. The number of thiazole rings is 1. The molecule has 3 rings (SSSR count). The maximum absolute atomic E-state index is 13.5. The molecule has 1 amide bonds. The molecule has 1 heterocycles. The molecule has 0 bridgehead atoms. The first-order valence-corrected chi connectivity index (χ1v) is 6.77. The number of nitrogens with zero attached hydrogens (tertiary/aromatic N) is 1. The third-order valence-corrected chi connectivity index (χ3v) is 3.76. The topological polar surface area (TPSA) is 68.0 Å². The Hall–Kier alpha value is -2.54. The number of amides is 1. The van der Waals surface area contributed by atoms with E-state index in [4.69, 9.17) is 5.73 Å². The summed E-state index contributed by atoms with van der Waals surface area (Å²) in [6.07, 6.45) is 0.